The van der Waals surface area contributed by atoms with Gasteiger partial charge in [-0.25, -0.2) is 0 Å². The zero-order valence-electron chi connectivity index (χ0n) is 19.8. The fourth-order valence-electron chi connectivity index (χ4n) is 2.30. The van der Waals surface area contributed by atoms with Gasteiger partial charge in [-0.2, -0.15) is 0 Å². The molecule has 0 aliphatic heterocycles. The molecule has 7 heteroatoms. The molecule has 6 nitrogen and oxygen atoms in total. The third-order valence-corrected chi connectivity index (χ3v) is 4.69. The first-order chi connectivity index (χ1) is 14.5. The van der Waals surface area contributed by atoms with E-state index in [-0.39, 0.29) is 36.3 Å². The van der Waals surface area contributed by atoms with Gasteiger partial charge in [0.25, 0.3) is 0 Å². The van der Waals surface area contributed by atoms with Crippen LogP contribution in [0.15, 0.2) is 50.6 Å². The summed E-state index contributed by atoms with van der Waals surface area (Å²) in [4.78, 5) is 0. The molecular formula is C24H42MgO6. The number of hydrogen-bond donors (Lipinski definition) is 0. The van der Waals surface area contributed by atoms with E-state index in [1.165, 1.54) is 0 Å². The summed E-state index contributed by atoms with van der Waals surface area (Å²) in [5, 5.41) is 22.3. The Morgan fingerprint density at radius 1 is 0.581 bits per heavy atom. The maximum absolute atomic E-state index is 11.2. The third-order valence-electron chi connectivity index (χ3n) is 4.69. The van der Waals surface area contributed by atoms with Gasteiger partial charge in [-0.3, -0.25) is 0 Å². The molecule has 0 unspecified atom stereocenters. The molecule has 0 radical (unpaired) electrons. The van der Waals surface area contributed by atoms with Gasteiger partial charge in [0.15, 0.2) is 0 Å². The molecule has 0 aromatic carbocycles. The van der Waals surface area contributed by atoms with E-state index in [0.29, 0.717) is 52.9 Å². The van der Waals surface area contributed by atoms with Crippen molar-refractivity contribution in [1.82, 2.24) is 0 Å². The van der Waals surface area contributed by atoms with Crippen molar-refractivity contribution >= 4 is 23.1 Å². The second-order valence-electron chi connectivity index (χ2n) is 7.21. The van der Waals surface area contributed by atoms with Gasteiger partial charge >= 0.3 is 23.1 Å². The van der Waals surface area contributed by atoms with Gasteiger partial charge in [0.2, 0.25) is 0 Å². The molecule has 0 saturated heterocycles. The van der Waals surface area contributed by atoms with Crippen molar-refractivity contribution in [1.29, 1.82) is 0 Å². The summed E-state index contributed by atoms with van der Waals surface area (Å²) in [6.45, 7) is 21.4. The van der Waals surface area contributed by atoms with E-state index in [2.05, 4.69) is 26.3 Å². The van der Waals surface area contributed by atoms with E-state index >= 15 is 0 Å². The van der Waals surface area contributed by atoms with Crippen LogP contribution in [0.1, 0.15) is 26.7 Å². The van der Waals surface area contributed by atoms with Crippen molar-refractivity contribution in [3.8, 4) is 0 Å². The second-order valence-corrected chi connectivity index (χ2v) is 7.21. The summed E-state index contributed by atoms with van der Waals surface area (Å²) < 4.78 is 21.3. The van der Waals surface area contributed by atoms with E-state index < -0.39 is 10.8 Å². The summed E-state index contributed by atoms with van der Waals surface area (Å²) >= 11 is 0. The molecule has 0 aromatic heterocycles. The minimum Gasteiger partial charge on any atom is -0.854 e. The quantitative estimate of drug-likeness (QED) is 0.160. The molecule has 0 saturated carbocycles. The Kier molecular flexibility index (Phi) is 27.3. The number of ether oxygens (including phenoxy) is 4. The first-order valence-electron chi connectivity index (χ1n) is 10.4. The molecule has 0 heterocycles. The van der Waals surface area contributed by atoms with E-state index in [4.69, 9.17) is 18.9 Å². The molecule has 0 fully saturated rings. The SMILES string of the molecule is C=CCOCC(CC)(C[O-])COCC=C.C=CCOCC(CC)(C[O-])COCC=C.[Mg+2]. The summed E-state index contributed by atoms with van der Waals surface area (Å²) in [7, 11) is 0. The standard InChI is InChI=1S/2C12H21O3.Mg/c2*1-4-7-14-10-12(6-3,9-13)11-15-8-5-2;/h2*4-5H,1-2,6-11H2,3H3;/q2*-1;+2. The summed E-state index contributed by atoms with van der Waals surface area (Å²) in [6.07, 6.45) is 8.22. The zero-order valence-corrected chi connectivity index (χ0v) is 21.2. The molecule has 0 aliphatic rings. The molecule has 31 heavy (non-hydrogen) atoms. The van der Waals surface area contributed by atoms with Crippen molar-refractivity contribution in [2.24, 2.45) is 10.8 Å². The van der Waals surface area contributed by atoms with Crippen LogP contribution in [-0.2, 0) is 18.9 Å². The van der Waals surface area contributed by atoms with E-state index in [1.807, 2.05) is 13.8 Å². The summed E-state index contributed by atoms with van der Waals surface area (Å²) in [5.41, 5.74) is -0.821. The van der Waals surface area contributed by atoms with Crippen molar-refractivity contribution in [3.05, 3.63) is 50.6 Å². The van der Waals surface area contributed by atoms with Gasteiger partial charge in [-0.1, -0.05) is 38.2 Å². The van der Waals surface area contributed by atoms with Gasteiger partial charge in [-0.05, 0) is 12.8 Å². The molecule has 0 bridgehead atoms. The largest absolute Gasteiger partial charge is 2.00 e. The van der Waals surface area contributed by atoms with Gasteiger partial charge in [-0.15, -0.1) is 39.5 Å². The van der Waals surface area contributed by atoms with Crippen LogP contribution in [0.5, 0.6) is 0 Å². The fraction of sp³-hybridized carbons (Fsp3) is 0.667. The monoisotopic (exact) mass is 450 g/mol. The van der Waals surface area contributed by atoms with Gasteiger partial charge in [0.1, 0.15) is 0 Å². The first kappa shape index (κ1) is 35.1. The van der Waals surface area contributed by atoms with Crippen LogP contribution in [0, 0.1) is 10.8 Å². The van der Waals surface area contributed by atoms with Gasteiger partial charge in [0.05, 0.1) is 52.9 Å². The Balaban J connectivity index is -0.000000490. The maximum atomic E-state index is 11.2. The molecule has 176 valence electrons. The van der Waals surface area contributed by atoms with Crippen molar-refractivity contribution in [2.75, 3.05) is 66.1 Å². The molecular weight excluding hydrogens is 409 g/mol. The van der Waals surface area contributed by atoms with Gasteiger partial charge in [0, 0.05) is 10.8 Å². The van der Waals surface area contributed by atoms with Crippen LogP contribution < -0.4 is 10.2 Å². The van der Waals surface area contributed by atoms with Crippen LogP contribution in [0.4, 0.5) is 0 Å². The smallest absolute Gasteiger partial charge is 0.854 e. The summed E-state index contributed by atoms with van der Waals surface area (Å²) in [6, 6.07) is 0. The van der Waals surface area contributed by atoms with E-state index in [0.717, 1.165) is 12.8 Å². The Hall–Kier alpha value is -0.514. The van der Waals surface area contributed by atoms with Crippen LogP contribution >= 0.6 is 0 Å². The van der Waals surface area contributed by atoms with E-state index in [1.54, 1.807) is 24.3 Å². The van der Waals surface area contributed by atoms with E-state index in [9.17, 15) is 10.2 Å². The number of rotatable bonds is 20. The van der Waals surface area contributed by atoms with Crippen LogP contribution in [0.2, 0.25) is 0 Å². The Labute approximate surface area is 206 Å². The average Bonchev–Trinajstić information content (AvgIpc) is 2.78. The number of hydrogen-bond acceptors (Lipinski definition) is 6. The fourth-order valence-corrected chi connectivity index (χ4v) is 2.30. The third kappa shape index (κ3) is 17.7. The Morgan fingerprint density at radius 3 is 0.935 bits per heavy atom. The zero-order chi connectivity index (χ0) is 23.1. The molecule has 0 aliphatic carbocycles. The minimum absolute atomic E-state index is 0. The summed E-state index contributed by atoms with van der Waals surface area (Å²) in [5.74, 6) is 0. The van der Waals surface area contributed by atoms with Crippen LogP contribution in [-0.4, -0.2) is 89.1 Å². The molecule has 0 atom stereocenters. The minimum atomic E-state index is -0.411. The van der Waals surface area contributed by atoms with Crippen molar-refractivity contribution < 1.29 is 29.2 Å². The Morgan fingerprint density at radius 2 is 0.806 bits per heavy atom. The predicted molar refractivity (Wildman–Crippen MR) is 125 cm³/mol. The second kappa shape index (κ2) is 24.1. The maximum Gasteiger partial charge on any atom is 2.00 e. The van der Waals surface area contributed by atoms with Crippen LogP contribution in [0.3, 0.4) is 0 Å². The topological polar surface area (TPSA) is 83.0 Å². The van der Waals surface area contributed by atoms with Crippen LogP contribution in [0.25, 0.3) is 0 Å². The molecule has 0 amide bonds. The normalized spacial score (nSPS) is 11.0. The first-order valence-corrected chi connectivity index (χ1v) is 10.4. The van der Waals surface area contributed by atoms with Crippen molar-refractivity contribution in [2.45, 2.75) is 26.7 Å². The molecule has 0 rings (SSSR count). The Bertz CT molecular complexity index is 362. The average molecular weight is 451 g/mol. The predicted octanol–water partition coefficient (Wildman–Crippen LogP) is 1.92. The molecule has 0 N–H and O–H groups in total. The molecule has 0 spiro atoms. The van der Waals surface area contributed by atoms with Crippen molar-refractivity contribution in [3.63, 3.8) is 0 Å². The molecule has 0 aromatic rings. The van der Waals surface area contributed by atoms with Gasteiger partial charge < -0.3 is 29.2 Å².